The zero-order valence-electron chi connectivity index (χ0n) is 10.7. The maximum absolute atomic E-state index is 10.1. The Bertz CT molecular complexity index is 220. The minimum absolute atomic E-state index is 0.0334. The molecule has 0 aromatic rings. The summed E-state index contributed by atoms with van der Waals surface area (Å²) in [6.07, 6.45) is 3.47. The molecule has 17 heavy (non-hydrogen) atoms. The summed E-state index contributed by atoms with van der Waals surface area (Å²) in [5, 5.41) is 10.1. The second kappa shape index (κ2) is 6.14. The summed E-state index contributed by atoms with van der Waals surface area (Å²) in [7, 11) is 0. The first kappa shape index (κ1) is 13.3. The Morgan fingerprint density at radius 3 is 2.82 bits per heavy atom. The van der Waals surface area contributed by atoms with Gasteiger partial charge in [-0.1, -0.05) is 0 Å². The van der Waals surface area contributed by atoms with Gasteiger partial charge in [0.1, 0.15) is 0 Å². The van der Waals surface area contributed by atoms with Crippen LogP contribution < -0.4 is 0 Å². The van der Waals surface area contributed by atoms with Gasteiger partial charge in [0, 0.05) is 26.4 Å². The largest absolute Gasteiger partial charge is 0.390 e. The molecule has 1 N–H and O–H groups in total. The highest BCUT2D eigenvalue weighted by Crippen LogP contribution is 2.38. The summed E-state index contributed by atoms with van der Waals surface area (Å²) in [5.74, 6) is 0.313. The maximum atomic E-state index is 10.1. The van der Waals surface area contributed by atoms with Crippen LogP contribution in [0.3, 0.4) is 0 Å². The zero-order valence-corrected chi connectivity index (χ0v) is 10.7. The first-order chi connectivity index (χ1) is 8.26. The average molecular weight is 244 g/mol. The molecule has 2 heterocycles. The topological polar surface area (TPSA) is 47.9 Å². The Balaban J connectivity index is 1.87. The molecule has 2 rings (SSSR count). The monoisotopic (exact) mass is 244 g/mol. The van der Waals surface area contributed by atoms with E-state index in [2.05, 4.69) is 0 Å². The molecule has 2 aliphatic heterocycles. The lowest BCUT2D eigenvalue weighted by atomic mass is 9.79. The molecule has 2 fully saturated rings. The van der Waals surface area contributed by atoms with Crippen molar-refractivity contribution in [2.45, 2.75) is 44.3 Å². The minimum atomic E-state index is -0.349. The van der Waals surface area contributed by atoms with Crippen LogP contribution in [-0.4, -0.2) is 49.8 Å². The Morgan fingerprint density at radius 1 is 1.35 bits per heavy atom. The highest BCUT2D eigenvalue weighted by Gasteiger charge is 2.40. The molecule has 2 aliphatic rings. The molecule has 0 bridgehead atoms. The molecule has 0 radical (unpaired) electrons. The fraction of sp³-hybridized carbons (Fsp3) is 1.00. The predicted molar refractivity (Wildman–Crippen MR) is 64.0 cm³/mol. The first-order valence-corrected chi connectivity index (χ1v) is 6.73. The lowest BCUT2D eigenvalue weighted by Crippen LogP contribution is -2.47. The number of aliphatic hydroxyl groups excluding tert-OH is 1. The van der Waals surface area contributed by atoms with Crippen molar-refractivity contribution < 1.29 is 19.3 Å². The summed E-state index contributed by atoms with van der Waals surface area (Å²) >= 11 is 0. The van der Waals surface area contributed by atoms with E-state index in [-0.39, 0.29) is 11.7 Å². The number of hydrogen-bond donors (Lipinski definition) is 1. The van der Waals surface area contributed by atoms with Gasteiger partial charge in [-0.25, -0.2) is 0 Å². The molecule has 0 aliphatic carbocycles. The van der Waals surface area contributed by atoms with Crippen molar-refractivity contribution in [3.05, 3.63) is 0 Å². The third-order valence-electron chi connectivity index (χ3n) is 3.97. The molecule has 100 valence electrons. The number of rotatable bonds is 4. The van der Waals surface area contributed by atoms with E-state index >= 15 is 0 Å². The van der Waals surface area contributed by atoms with E-state index in [1.165, 1.54) is 0 Å². The van der Waals surface area contributed by atoms with E-state index < -0.39 is 0 Å². The van der Waals surface area contributed by atoms with Gasteiger partial charge in [0.05, 0.1) is 18.3 Å². The van der Waals surface area contributed by atoms with E-state index in [0.29, 0.717) is 19.1 Å². The van der Waals surface area contributed by atoms with E-state index in [1.807, 2.05) is 6.92 Å². The van der Waals surface area contributed by atoms with Gasteiger partial charge in [0.15, 0.2) is 0 Å². The quantitative estimate of drug-likeness (QED) is 0.811. The first-order valence-electron chi connectivity index (χ1n) is 6.73. The summed E-state index contributed by atoms with van der Waals surface area (Å²) in [6, 6.07) is 0. The second-order valence-corrected chi connectivity index (χ2v) is 5.12. The molecule has 4 nitrogen and oxygen atoms in total. The van der Waals surface area contributed by atoms with Crippen molar-refractivity contribution in [2.75, 3.05) is 33.0 Å². The molecule has 2 saturated heterocycles. The van der Waals surface area contributed by atoms with Crippen molar-refractivity contribution in [1.82, 2.24) is 0 Å². The highest BCUT2D eigenvalue weighted by atomic mass is 16.5. The van der Waals surface area contributed by atoms with Crippen molar-refractivity contribution in [3.8, 4) is 0 Å². The van der Waals surface area contributed by atoms with Crippen molar-refractivity contribution >= 4 is 0 Å². The Hall–Kier alpha value is -0.160. The average Bonchev–Trinajstić information content (AvgIpc) is 2.37. The lowest BCUT2D eigenvalue weighted by Gasteiger charge is -2.44. The van der Waals surface area contributed by atoms with Crippen LogP contribution in [0.25, 0.3) is 0 Å². The van der Waals surface area contributed by atoms with E-state index in [9.17, 15) is 5.11 Å². The van der Waals surface area contributed by atoms with Crippen molar-refractivity contribution in [1.29, 1.82) is 0 Å². The fourth-order valence-electron chi connectivity index (χ4n) is 2.86. The Labute approximate surface area is 103 Å². The van der Waals surface area contributed by atoms with Crippen LogP contribution in [-0.2, 0) is 14.2 Å². The van der Waals surface area contributed by atoms with E-state index in [1.54, 1.807) is 0 Å². The van der Waals surface area contributed by atoms with Crippen LogP contribution in [0.1, 0.15) is 32.6 Å². The fourth-order valence-corrected chi connectivity index (χ4v) is 2.86. The Kier molecular flexibility index (Phi) is 4.79. The SMILES string of the molecule is CCOCC(O)C1CCOC2(CCOCC2)C1. The summed E-state index contributed by atoms with van der Waals surface area (Å²) in [6.45, 7) is 5.40. The Morgan fingerprint density at radius 2 is 2.12 bits per heavy atom. The van der Waals surface area contributed by atoms with E-state index in [4.69, 9.17) is 14.2 Å². The smallest absolute Gasteiger partial charge is 0.0803 e. The summed E-state index contributed by atoms with van der Waals surface area (Å²) in [4.78, 5) is 0. The van der Waals surface area contributed by atoms with Gasteiger partial charge in [0.2, 0.25) is 0 Å². The highest BCUT2D eigenvalue weighted by molar-refractivity contribution is 4.90. The number of aliphatic hydroxyl groups is 1. The molecule has 2 atom stereocenters. The van der Waals surface area contributed by atoms with Gasteiger partial charge in [0.25, 0.3) is 0 Å². The van der Waals surface area contributed by atoms with Crippen LogP contribution in [0, 0.1) is 5.92 Å². The third-order valence-corrected chi connectivity index (χ3v) is 3.97. The standard InChI is InChI=1S/C13H24O4/c1-2-15-10-12(14)11-3-6-17-13(9-11)4-7-16-8-5-13/h11-12,14H,2-10H2,1H3. The van der Waals surface area contributed by atoms with Crippen LogP contribution in [0.15, 0.2) is 0 Å². The molecule has 2 unspecified atom stereocenters. The predicted octanol–water partition coefficient (Wildman–Crippen LogP) is 1.36. The van der Waals surface area contributed by atoms with Gasteiger partial charge in [-0.05, 0) is 38.5 Å². The molecule has 0 amide bonds. The molecular formula is C13H24O4. The minimum Gasteiger partial charge on any atom is -0.390 e. The number of hydrogen-bond acceptors (Lipinski definition) is 4. The normalized spacial score (nSPS) is 30.4. The maximum Gasteiger partial charge on any atom is 0.0803 e. The van der Waals surface area contributed by atoms with Gasteiger partial charge < -0.3 is 19.3 Å². The molecule has 0 aromatic heterocycles. The summed E-state index contributed by atoms with van der Waals surface area (Å²) in [5.41, 5.74) is -0.0334. The van der Waals surface area contributed by atoms with Crippen LogP contribution in [0.4, 0.5) is 0 Å². The van der Waals surface area contributed by atoms with Crippen molar-refractivity contribution in [2.24, 2.45) is 5.92 Å². The molecule has 4 heteroatoms. The van der Waals surface area contributed by atoms with Crippen molar-refractivity contribution in [3.63, 3.8) is 0 Å². The molecular weight excluding hydrogens is 220 g/mol. The number of ether oxygens (including phenoxy) is 3. The van der Waals surface area contributed by atoms with E-state index in [0.717, 1.165) is 45.5 Å². The van der Waals surface area contributed by atoms with Gasteiger partial charge >= 0.3 is 0 Å². The van der Waals surface area contributed by atoms with Gasteiger partial charge in [-0.3, -0.25) is 0 Å². The molecule has 0 aromatic carbocycles. The van der Waals surface area contributed by atoms with Crippen LogP contribution >= 0.6 is 0 Å². The van der Waals surface area contributed by atoms with Crippen LogP contribution in [0.2, 0.25) is 0 Å². The lowest BCUT2D eigenvalue weighted by molar-refractivity contribution is -0.162. The van der Waals surface area contributed by atoms with Gasteiger partial charge in [-0.2, -0.15) is 0 Å². The van der Waals surface area contributed by atoms with Gasteiger partial charge in [-0.15, -0.1) is 0 Å². The third kappa shape index (κ3) is 3.41. The molecule has 1 spiro atoms. The molecule has 0 saturated carbocycles. The summed E-state index contributed by atoms with van der Waals surface area (Å²) < 4.78 is 16.7. The zero-order chi connectivity index (χ0) is 12.1. The van der Waals surface area contributed by atoms with Crippen LogP contribution in [0.5, 0.6) is 0 Å². The second-order valence-electron chi connectivity index (χ2n) is 5.12.